The number of aliphatic carboxylic acids is 1. The molecule has 0 saturated heterocycles. The lowest BCUT2D eigenvalue weighted by Gasteiger charge is -2.16. The molecule has 0 bridgehead atoms. The zero-order valence-electron chi connectivity index (χ0n) is 12.0. The van der Waals surface area contributed by atoms with Crippen LogP contribution in [0.2, 0.25) is 5.02 Å². The quantitative estimate of drug-likeness (QED) is 0.883. The number of rotatable bonds is 5. The Kier molecular flexibility index (Phi) is 4.82. The Labute approximate surface area is 132 Å². The van der Waals surface area contributed by atoms with Gasteiger partial charge < -0.3 is 14.9 Å². The van der Waals surface area contributed by atoms with E-state index in [4.69, 9.17) is 21.2 Å². The molecule has 1 aromatic heterocycles. The number of nitrogens with zero attached hydrogens (tertiary/aromatic N) is 1. The molecule has 0 saturated carbocycles. The molecule has 1 aromatic carbocycles. The summed E-state index contributed by atoms with van der Waals surface area (Å²) in [5.41, 5.74) is 0.831. The smallest absolute Gasteiger partial charge is 0.308 e. The van der Waals surface area contributed by atoms with Crippen LogP contribution in [0.5, 0.6) is 0 Å². The zero-order valence-corrected chi connectivity index (χ0v) is 12.8. The van der Waals surface area contributed by atoms with E-state index < -0.39 is 23.8 Å². The molecule has 7 heteroatoms. The number of carbonyl (C=O) groups is 2. The average molecular weight is 323 g/mol. The molecule has 1 heterocycles. The fourth-order valence-corrected chi connectivity index (χ4v) is 1.88. The first-order valence-electron chi connectivity index (χ1n) is 6.65. The summed E-state index contributed by atoms with van der Waals surface area (Å²) in [4.78, 5) is 22.9. The average Bonchev–Trinajstić information content (AvgIpc) is 2.96. The number of carboxylic acids is 1. The van der Waals surface area contributed by atoms with E-state index in [0.29, 0.717) is 10.8 Å². The lowest BCUT2D eigenvalue weighted by molar-refractivity contribution is -0.141. The highest BCUT2D eigenvalue weighted by Crippen LogP contribution is 2.22. The summed E-state index contributed by atoms with van der Waals surface area (Å²) in [5.74, 6) is -1.73. The summed E-state index contributed by atoms with van der Waals surface area (Å²) < 4.78 is 5.13. The third-order valence-corrected chi connectivity index (χ3v) is 3.62. The standard InChI is InChI=1S/C15H15ClN2O4/c1-8(15(20)21)9(2)17-14(19)12-7-13(22-18-12)10-3-5-11(16)6-4-10/h3-9H,1-2H3,(H,17,19)(H,20,21). The maximum Gasteiger partial charge on any atom is 0.308 e. The number of nitrogens with one attached hydrogen (secondary N) is 1. The fourth-order valence-electron chi connectivity index (χ4n) is 1.75. The van der Waals surface area contributed by atoms with Crippen molar-refractivity contribution < 1.29 is 19.2 Å². The second kappa shape index (κ2) is 6.62. The number of hydrogen-bond acceptors (Lipinski definition) is 4. The van der Waals surface area contributed by atoms with Gasteiger partial charge in [-0.2, -0.15) is 0 Å². The van der Waals surface area contributed by atoms with Crippen LogP contribution in [-0.4, -0.2) is 28.2 Å². The molecule has 0 fully saturated rings. The molecule has 116 valence electrons. The molecule has 2 atom stereocenters. The van der Waals surface area contributed by atoms with Crippen molar-refractivity contribution in [3.8, 4) is 11.3 Å². The Morgan fingerprint density at radius 1 is 1.27 bits per heavy atom. The van der Waals surface area contributed by atoms with Gasteiger partial charge in [0.1, 0.15) is 0 Å². The molecule has 2 N–H and O–H groups in total. The van der Waals surface area contributed by atoms with Crippen molar-refractivity contribution in [2.75, 3.05) is 0 Å². The Balaban J connectivity index is 2.09. The van der Waals surface area contributed by atoms with Gasteiger partial charge in [0.15, 0.2) is 11.5 Å². The molecule has 0 aliphatic rings. The normalized spacial score (nSPS) is 13.4. The third-order valence-electron chi connectivity index (χ3n) is 3.37. The monoisotopic (exact) mass is 322 g/mol. The molecule has 0 radical (unpaired) electrons. The minimum atomic E-state index is -0.977. The molecule has 2 aromatic rings. The lowest BCUT2D eigenvalue weighted by Crippen LogP contribution is -2.40. The molecule has 22 heavy (non-hydrogen) atoms. The maximum absolute atomic E-state index is 12.0. The molecule has 0 aliphatic heterocycles. The fraction of sp³-hybridized carbons (Fsp3) is 0.267. The van der Waals surface area contributed by atoms with Crippen LogP contribution in [0.4, 0.5) is 0 Å². The summed E-state index contributed by atoms with van der Waals surface area (Å²) in [7, 11) is 0. The zero-order chi connectivity index (χ0) is 16.3. The highest BCUT2D eigenvalue weighted by Gasteiger charge is 2.23. The van der Waals surface area contributed by atoms with Crippen LogP contribution in [-0.2, 0) is 4.79 Å². The number of carboxylic acid groups (broad SMARTS) is 1. The first-order valence-corrected chi connectivity index (χ1v) is 7.02. The van der Waals surface area contributed by atoms with Crippen molar-refractivity contribution in [1.29, 1.82) is 0 Å². The van der Waals surface area contributed by atoms with E-state index in [-0.39, 0.29) is 5.69 Å². The van der Waals surface area contributed by atoms with Crippen LogP contribution in [0.15, 0.2) is 34.9 Å². The van der Waals surface area contributed by atoms with Crippen LogP contribution in [0.25, 0.3) is 11.3 Å². The Morgan fingerprint density at radius 3 is 2.50 bits per heavy atom. The van der Waals surface area contributed by atoms with E-state index in [2.05, 4.69) is 10.5 Å². The molecule has 2 rings (SSSR count). The van der Waals surface area contributed by atoms with Gasteiger partial charge in [0.2, 0.25) is 0 Å². The van der Waals surface area contributed by atoms with Crippen molar-refractivity contribution in [3.05, 3.63) is 41.0 Å². The molecule has 2 unspecified atom stereocenters. The predicted molar refractivity (Wildman–Crippen MR) is 80.7 cm³/mol. The van der Waals surface area contributed by atoms with E-state index in [0.717, 1.165) is 5.56 Å². The number of benzene rings is 1. The molecular formula is C15H15ClN2O4. The van der Waals surface area contributed by atoms with Crippen molar-refractivity contribution in [1.82, 2.24) is 10.5 Å². The molecule has 6 nitrogen and oxygen atoms in total. The van der Waals surface area contributed by atoms with Crippen LogP contribution >= 0.6 is 11.6 Å². The Hall–Kier alpha value is -2.34. The summed E-state index contributed by atoms with van der Waals surface area (Å²) in [6.07, 6.45) is 0. The first-order chi connectivity index (χ1) is 10.4. The largest absolute Gasteiger partial charge is 0.481 e. The summed E-state index contributed by atoms with van der Waals surface area (Å²) in [5, 5.41) is 15.8. The van der Waals surface area contributed by atoms with Gasteiger partial charge in [-0.15, -0.1) is 0 Å². The van der Waals surface area contributed by atoms with Crippen molar-refractivity contribution >= 4 is 23.5 Å². The van der Waals surface area contributed by atoms with Crippen LogP contribution in [0.3, 0.4) is 0 Å². The van der Waals surface area contributed by atoms with Crippen molar-refractivity contribution in [2.45, 2.75) is 19.9 Å². The molecule has 1 amide bonds. The first kappa shape index (κ1) is 16.0. The maximum atomic E-state index is 12.0. The van der Waals surface area contributed by atoms with Crippen molar-refractivity contribution in [3.63, 3.8) is 0 Å². The highest BCUT2D eigenvalue weighted by atomic mass is 35.5. The highest BCUT2D eigenvalue weighted by molar-refractivity contribution is 6.30. The van der Waals surface area contributed by atoms with Gasteiger partial charge in [0.05, 0.1) is 5.92 Å². The second-order valence-electron chi connectivity index (χ2n) is 4.97. The van der Waals surface area contributed by atoms with E-state index >= 15 is 0 Å². The SMILES string of the molecule is CC(NC(=O)c1cc(-c2ccc(Cl)cc2)on1)C(C)C(=O)O. The van der Waals surface area contributed by atoms with Gasteiger partial charge in [-0.3, -0.25) is 9.59 Å². The van der Waals surface area contributed by atoms with Crippen LogP contribution in [0.1, 0.15) is 24.3 Å². The van der Waals surface area contributed by atoms with Gasteiger partial charge >= 0.3 is 5.97 Å². The summed E-state index contributed by atoms with van der Waals surface area (Å²) >= 11 is 5.81. The van der Waals surface area contributed by atoms with Crippen molar-refractivity contribution in [2.24, 2.45) is 5.92 Å². The molecule has 0 spiro atoms. The topological polar surface area (TPSA) is 92.4 Å². The predicted octanol–water partition coefficient (Wildman–Crippen LogP) is 2.83. The lowest BCUT2D eigenvalue weighted by atomic mass is 10.0. The number of hydrogen-bond donors (Lipinski definition) is 2. The van der Waals surface area contributed by atoms with E-state index in [9.17, 15) is 9.59 Å². The molecule has 0 aliphatic carbocycles. The third kappa shape index (κ3) is 3.65. The van der Waals surface area contributed by atoms with Crippen LogP contribution in [0, 0.1) is 5.92 Å². The summed E-state index contributed by atoms with van der Waals surface area (Å²) in [6.45, 7) is 3.14. The minimum absolute atomic E-state index is 0.0920. The number of carbonyl (C=O) groups excluding carboxylic acids is 1. The van der Waals surface area contributed by atoms with E-state index in [1.807, 2.05) is 0 Å². The van der Waals surface area contributed by atoms with E-state index in [1.165, 1.54) is 13.0 Å². The Bertz CT molecular complexity index is 681. The van der Waals surface area contributed by atoms with Gasteiger partial charge in [0, 0.05) is 22.7 Å². The number of halogens is 1. The van der Waals surface area contributed by atoms with Gasteiger partial charge in [-0.05, 0) is 38.1 Å². The van der Waals surface area contributed by atoms with Gasteiger partial charge in [-0.25, -0.2) is 0 Å². The number of amides is 1. The summed E-state index contributed by atoms with van der Waals surface area (Å²) in [6, 6.07) is 7.88. The second-order valence-corrected chi connectivity index (χ2v) is 5.41. The van der Waals surface area contributed by atoms with Gasteiger partial charge in [-0.1, -0.05) is 16.8 Å². The molecular weight excluding hydrogens is 308 g/mol. The van der Waals surface area contributed by atoms with Gasteiger partial charge in [0.25, 0.3) is 5.91 Å². The number of aromatic nitrogens is 1. The minimum Gasteiger partial charge on any atom is -0.481 e. The van der Waals surface area contributed by atoms with Crippen LogP contribution < -0.4 is 5.32 Å². The Morgan fingerprint density at radius 2 is 1.91 bits per heavy atom. The van der Waals surface area contributed by atoms with E-state index in [1.54, 1.807) is 31.2 Å².